The largest absolute Gasteiger partial charge is 0.243 e. The highest BCUT2D eigenvalue weighted by Gasteiger charge is 2.32. The van der Waals surface area contributed by atoms with Gasteiger partial charge in [-0.05, 0) is 37.0 Å². The first kappa shape index (κ1) is 14.9. The molecule has 1 saturated heterocycles. The van der Waals surface area contributed by atoms with Crippen LogP contribution in [0.2, 0.25) is 0 Å². The fourth-order valence-corrected chi connectivity index (χ4v) is 4.12. The van der Waals surface area contributed by atoms with Crippen LogP contribution in [0, 0.1) is 23.1 Å². The van der Waals surface area contributed by atoms with Crippen LogP contribution in [-0.4, -0.2) is 25.8 Å². The van der Waals surface area contributed by atoms with Crippen molar-refractivity contribution in [3.63, 3.8) is 0 Å². The van der Waals surface area contributed by atoms with Crippen LogP contribution in [0.4, 0.5) is 4.39 Å². The summed E-state index contributed by atoms with van der Waals surface area (Å²) in [5, 5.41) is 8.79. The second kappa shape index (κ2) is 5.90. The molecule has 6 heteroatoms. The molecule has 1 aliphatic rings. The Kier molecular flexibility index (Phi) is 4.41. The van der Waals surface area contributed by atoms with E-state index in [1.165, 1.54) is 10.4 Å². The lowest BCUT2D eigenvalue weighted by atomic mass is 10.0. The fourth-order valence-electron chi connectivity index (χ4n) is 2.56. The fraction of sp³-hybridized carbons (Fsp3) is 0.500. The summed E-state index contributed by atoms with van der Waals surface area (Å²) in [6.45, 7) is 3.08. The first-order chi connectivity index (χ1) is 9.48. The van der Waals surface area contributed by atoms with E-state index in [0.29, 0.717) is 19.0 Å². The molecule has 0 spiro atoms. The third-order valence-corrected chi connectivity index (χ3v) is 5.50. The monoisotopic (exact) mass is 296 g/mol. The molecule has 0 amide bonds. The molecular weight excluding hydrogens is 279 g/mol. The molecule has 1 unspecified atom stereocenters. The molecule has 2 rings (SSSR count). The Balaban J connectivity index is 2.26. The van der Waals surface area contributed by atoms with Crippen molar-refractivity contribution in [1.29, 1.82) is 5.26 Å². The van der Waals surface area contributed by atoms with E-state index in [1.54, 1.807) is 6.07 Å². The molecular formula is C14H17FN2O2S. The van der Waals surface area contributed by atoms with Gasteiger partial charge in [-0.3, -0.25) is 0 Å². The van der Waals surface area contributed by atoms with Crippen molar-refractivity contribution in [1.82, 2.24) is 4.31 Å². The summed E-state index contributed by atoms with van der Waals surface area (Å²) in [5.41, 5.74) is -0.240. The molecule has 1 heterocycles. The van der Waals surface area contributed by atoms with Gasteiger partial charge in [0.05, 0.1) is 10.5 Å². The Labute approximate surface area is 118 Å². The van der Waals surface area contributed by atoms with E-state index in [0.717, 1.165) is 31.4 Å². The van der Waals surface area contributed by atoms with Crippen LogP contribution in [0.25, 0.3) is 0 Å². The Morgan fingerprint density at radius 1 is 1.50 bits per heavy atom. The molecule has 0 saturated carbocycles. The lowest BCUT2D eigenvalue weighted by molar-refractivity contribution is 0.444. The predicted molar refractivity (Wildman–Crippen MR) is 72.9 cm³/mol. The van der Waals surface area contributed by atoms with E-state index in [9.17, 15) is 12.8 Å². The molecule has 4 nitrogen and oxygen atoms in total. The maximum Gasteiger partial charge on any atom is 0.243 e. The minimum atomic E-state index is -3.62. The van der Waals surface area contributed by atoms with Crippen molar-refractivity contribution in [2.45, 2.75) is 31.1 Å². The summed E-state index contributed by atoms with van der Waals surface area (Å²) < 4.78 is 39.6. The number of rotatable bonds is 4. The topological polar surface area (TPSA) is 61.2 Å². The quantitative estimate of drug-likeness (QED) is 0.857. The van der Waals surface area contributed by atoms with Crippen LogP contribution in [0.5, 0.6) is 0 Å². The Hall–Kier alpha value is -1.45. The van der Waals surface area contributed by atoms with Gasteiger partial charge in [0.15, 0.2) is 0 Å². The van der Waals surface area contributed by atoms with Gasteiger partial charge in [0.25, 0.3) is 0 Å². The van der Waals surface area contributed by atoms with Gasteiger partial charge in [0.1, 0.15) is 11.9 Å². The Bertz CT molecular complexity index is 637. The zero-order chi connectivity index (χ0) is 14.8. The van der Waals surface area contributed by atoms with Crippen LogP contribution in [0.1, 0.15) is 31.7 Å². The van der Waals surface area contributed by atoms with Gasteiger partial charge in [-0.25, -0.2) is 12.8 Å². The van der Waals surface area contributed by atoms with Crippen molar-refractivity contribution in [3.8, 4) is 6.07 Å². The molecule has 108 valence electrons. The number of nitriles is 1. The van der Waals surface area contributed by atoms with E-state index in [2.05, 4.69) is 6.92 Å². The van der Waals surface area contributed by atoms with E-state index in [4.69, 9.17) is 5.26 Å². The second-order valence-corrected chi connectivity index (χ2v) is 7.00. The third-order valence-electron chi connectivity index (χ3n) is 3.64. The highest BCUT2D eigenvalue weighted by molar-refractivity contribution is 7.89. The zero-order valence-electron chi connectivity index (χ0n) is 11.3. The second-order valence-electron chi connectivity index (χ2n) is 5.06. The number of sulfonamides is 1. The zero-order valence-corrected chi connectivity index (χ0v) is 12.2. The highest BCUT2D eigenvalue weighted by atomic mass is 32.2. The standard InChI is InChI=1S/C14H17FN2O2S/c1-2-3-11-6-7-17(10-11)20(18,19)13-4-5-14(15)12(8-13)9-16/h4-5,8,11H,2-3,6-7,10H2,1H3. The smallest absolute Gasteiger partial charge is 0.207 e. The van der Waals surface area contributed by atoms with Crippen molar-refractivity contribution in [3.05, 3.63) is 29.6 Å². The molecule has 0 radical (unpaired) electrons. The van der Waals surface area contributed by atoms with Gasteiger partial charge < -0.3 is 0 Å². The van der Waals surface area contributed by atoms with Crippen molar-refractivity contribution in [2.24, 2.45) is 5.92 Å². The van der Waals surface area contributed by atoms with Gasteiger partial charge >= 0.3 is 0 Å². The van der Waals surface area contributed by atoms with E-state index < -0.39 is 15.8 Å². The third kappa shape index (κ3) is 2.84. The molecule has 0 aliphatic carbocycles. The lowest BCUT2D eigenvalue weighted by Crippen LogP contribution is -2.29. The maximum atomic E-state index is 13.3. The van der Waals surface area contributed by atoms with Gasteiger partial charge in [0.2, 0.25) is 10.0 Å². The minimum absolute atomic E-state index is 0.00685. The molecule has 1 aromatic carbocycles. The average molecular weight is 296 g/mol. The number of hydrogen-bond donors (Lipinski definition) is 0. The first-order valence-electron chi connectivity index (χ1n) is 6.68. The Morgan fingerprint density at radius 2 is 2.25 bits per heavy atom. The normalized spacial score (nSPS) is 19.9. The van der Waals surface area contributed by atoms with Crippen LogP contribution >= 0.6 is 0 Å². The number of halogens is 1. The predicted octanol–water partition coefficient (Wildman–Crippen LogP) is 2.51. The maximum absolute atomic E-state index is 13.3. The summed E-state index contributed by atoms with van der Waals surface area (Å²) in [6.07, 6.45) is 2.91. The molecule has 20 heavy (non-hydrogen) atoms. The van der Waals surface area contributed by atoms with Gasteiger partial charge in [-0.1, -0.05) is 13.3 Å². The van der Waals surface area contributed by atoms with Crippen LogP contribution in [0.15, 0.2) is 23.1 Å². The lowest BCUT2D eigenvalue weighted by Gasteiger charge is -2.16. The average Bonchev–Trinajstić information content (AvgIpc) is 2.89. The molecule has 0 bridgehead atoms. The molecule has 0 N–H and O–H groups in total. The highest BCUT2D eigenvalue weighted by Crippen LogP contribution is 2.27. The number of hydrogen-bond acceptors (Lipinski definition) is 3. The van der Waals surface area contributed by atoms with Crippen LogP contribution in [-0.2, 0) is 10.0 Å². The summed E-state index contributed by atoms with van der Waals surface area (Å²) in [5.74, 6) is -0.303. The molecule has 1 fully saturated rings. The van der Waals surface area contributed by atoms with E-state index in [-0.39, 0.29) is 10.5 Å². The van der Waals surface area contributed by atoms with Crippen molar-refractivity contribution < 1.29 is 12.8 Å². The van der Waals surface area contributed by atoms with Crippen molar-refractivity contribution >= 4 is 10.0 Å². The summed E-state index contributed by atoms with van der Waals surface area (Å²) in [4.78, 5) is -0.00685. The van der Waals surface area contributed by atoms with Gasteiger partial charge in [0, 0.05) is 13.1 Å². The summed E-state index contributed by atoms with van der Waals surface area (Å²) in [7, 11) is -3.62. The van der Waals surface area contributed by atoms with E-state index in [1.807, 2.05) is 0 Å². The Morgan fingerprint density at radius 3 is 2.90 bits per heavy atom. The number of nitrogens with zero attached hydrogens (tertiary/aromatic N) is 2. The molecule has 1 aliphatic heterocycles. The number of benzene rings is 1. The molecule has 0 aromatic heterocycles. The van der Waals surface area contributed by atoms with Crippen molar-refractivity contribution in [2.75, 3.05) is 13.1 Å². The van der Waals surface area contributed by atoms with E-state index >= 15 is 0 Å². The summed E-state index contributed by atoms with van der Waals surface area (Å²) >= 11 is 0. The van der Waals surface area contributed by atoms with Gasteiger partial charge in [-0.2, -0.15) is 9.57 Å². The SMILES string of the molecule is CCCC1CCN(S(=O)(=O)c2ccc(F)c(C#N)c2)C1. The van der Waals surface area contributed by atoms with Crippen LogP contribution in [0.3, 0.4) is 0 Å². The first-order valence-corrected chi connectivity index (χ1v) is 8.13. The molecule has 1 atom stereocenters. The van der Waals surface area contributed by atoms with Gasteiger partial charge in [-0.15, -0.1) is 0 Å². The summed E-state index contributed by atoms with van der Waals surface area (Å²) in [6, 6.07) is 5.03. The van der Waals surface area contributed by atoms with Crippen LogP contribution < -0.4 is 0 Å². The molecule has 1 aromatic rings. The minimum Gasteiger partial charge on any atom is -0.207 e.